The number of hydrogen-bond donors (Lipinski definition) is 2. The zero-order valence-electron chi connectivity index (χ0n) is 12.0. The number of aromatic nitrogens is 5. The molecule has 21 heavy (non-hydrogen) atoms. The van der Waals surface area contributed by atoms with E-state index in [2.05, 4.69) is 30.7 Å². The third kappa shape index (κ3) is 2.91. The number of hydrogen-bond acceptors (Lipinski definition) is 6. The summed E-state index contributed by atoms with van der Waals surface area (Å²) >= 11 is 0. The van der Waals surface area contributed by atoms with Crippen LogP contribution in [0.25, 0.3) is 10.9 Å². The van der Waals surface area contributed by atoms with Crippen molar-refractivity contribution < 1.29 is 0 Å². The van der Waals surface area contributed by atoms with Crippen LogP contribution in [0.3, 0.4) is 0 Å². The predicted molar refractivity (Wildman–Crippen MR) is 82.0 cm³/mol. The molecule has 0 atom stereocenters. The van der Waals surface area contributed by atoms with Gasteiger partial charge in [-0.15, -0.1) is 0 Å². The fraction of sp³-hybridized carbons (Fsp3) is 0.286. The van der Waals surface area contributed by atoms with Crippen LogP contribution in [0.1, 0.15) is 12.7 Å². The second kappa shape index (κ2) is 5.74. The molecule has 0 aliphatic rings. The molecule has 0 saturated carbocycles. The van der Waals surface area contributed by atoms with E-state index in [4.69, 9.17) is 0 Å². The minimum Gasteiger partial charge on any atom is -0.362 e. The van der Waals surface area contributed by atoms with E-state index in [1.165, 1.54) is 0 Å². The molecule has 108 valence electrons. The second-order valence-corrected chi connectivity index (χ2v) is 4.63. The lowest BCUT2D eigenvalue weighted by atomic mass is 10.2. The Morgan fingerprint density at radius 1 is 1.14 bits per heavy atom. The standard InChI is InChI=1S/C14H17N7/c1-3-15-14-18-11-7-5-4-6-10(11)13(19-14)16-8-12-17-9-21(2)20-12/h4-7,9H,3,8H2,1-2H3,(H2,15,16,18,19). The summed E-state index contributed by atoms with van der Waals surface area (Å²) in [7, 11) is 1.85. The summed E-state index contributed by atoms with van der Waals surface area (Å²) in [4.78, 5) is 13.2. The fourth-order valence-corrected chi connectivity index (χ4v) is 2.08. The molecule has 2 N–H and O–H groups in total. The first-order valence-corrected chi connectivity index (χ1v) is 6.85. The van der Waals surface area contributed by atoms with Gasteiger partial charge in [-0.2, -0.15) is 10.1 Å². The van der Waals surface area contributed by atoms with Crippen LogP contribution in [0.4, 0.5) is 11.8 Å². The van der Waals surface area contributed by atoms with Crippen LogP contribution in [0, 0.1) is 0 Å². The van der Waals surface area contributed by atoms with Crippen molar-refractivity contribution in [1.29, 1.82) is 0 Å². The highest BCUT2D eigenvalue weighted by Gasteiger charge is 2.07. The van der Waals surface area contributed by atoms with E-state index in [-0.39, 0.29) is 0 Å². The zero-order chi connectivity index (χ0) is 14.7. The molecule has 2 aromatic heterocycles. The zero-order valence-corrected chi connectivity index (χ0v) is 12.0. The molecule has 3 aromatic rings. The van der Waals surface area contributed by atoms with Crippen LogP contribution < -0.4 is 10.6 Å². The van der Waals surface area contributed by atoms with E-state index in [0.29, 0.717) is 12.5 Å². The first-order chi connectivity index (χ1) is 10.3. The van der Waals surface area contributed by atoms with Gasteiger partial charge in [-0.25, -0.2) is 9.97 Å². The van der Waals surface area contributed by atoms with Crippen molar-refractivity contribution in [2.24, 2.45) is 7.05 Å². The molecule has 0 unspecified atom stereocenters. The van der Waals surface area contributed by atoms with Gasteiger partial charge in [-0.3, -0.25) is 4.68 Å². The molecule has 0 aliphatic heterocycles. The van der Waals surface area contributed by atoms with Crippen LogP contribution in [0.5, 0.6) is 0 Å². The number of benzene rings is 1. The Labute approximate surface area is 122 Å². The van der Waals surface area contributed by atoms with Gasteiger partial charge in [0, 0.05) is 19.0 Å². The Hall–Kier alpha value is -2.70. The molecular weight excluding hydrogens is 266 g/mol. The van der Waals surface area contributed by atoms with Crippen molar-refractivity contribution in [1.82, 2.24) is 24.7 Å². The van der Waals surface area contributed by atoms with E-state index in [0.717, 1.165) is 29.1 Å². The fourth-order valence-electron chi connectivity index (χ4n) is 2.08. The molecular formula is C14H17N7. The number of nitrogens with zero attached hydrogens (tertiary/aromatic N) is 5. The maximum atomic E-state index is 4.52. The quantitative estimate of drug-likeness (QED) is 0.743. The number of fused-ring (bicyclic) bond motifs is 1. The molecule has 7 heteroatoms. The predicted octanol–water partition coefficient (Wildman–Crippen LogP) is 1.80. The summed E-state index contributed by atoms with van der Waals surface area (Å²) in [6.07, 6.45) is 1.68. The summed E-state index contributed by atoms with van der Waals surface area (Å²) in [5, 5.41) is 11.7. The van der Waals surface area contributed by atoms with Crippen molar-refractivity contribution in [3.05, 3.63) is 36.4 Å². The minimum atomic E-state index is 0.521. The van der Waals surface area contributed by atoms with Gasteiger partial charge in [0.25, 0.3) is 0 Å². The molecule has 2 heterocycles. The third-order valence-corrected chi connectivity index (χ3v) is 3.00. The molecule has 0 amide bonds. The summed E-state index contributed by atoms with van der Waals surface area (Å²) in [5.41, 5.74) is 0.903. The molecule has 0 radical (unpaired) electrons. The highest BCUT2D eigenvalue weighted by atomic mass is 15.3. The van der Waals surface area contributed by atoms with Gasteiger partial charge in [0.15, 0.2) is 5.82 Å². The topological polar surface area (TPSA) is 80.5 Å². The Kier molecular flexibility index (Phi) is 3.63. The van der Waals surface area contributed by atoms with Gasteiger partial charge in [-0.1, -0.05) is 12.1 Å². The number of aryl methyl sites for hydroxylation is 1. The first-order valence-electron chi connectivity index (χ1n) is 6.85. The van der Waals surface area contributed by atoms with Gasteiger partial charge in [0.05, 0.1) is 12.1 Å². The second-order valence-electron chi connectivity index (χ2n) is 4.63. The monoisotopic (exact) mass is 283 g/mol. The van der Waals surface area contributed by atoms with Crippen LogP contribution in [0.15, 0.2) is 30.6 Å². The Balaban J connectivity index is 1.91. The van der Waals surface area contributed by atoms with Gasteiger partial charge in [0.1, 0.15) is 12.1 Å². The molecule has 0 aliphatic carbocycles. The summed E-state index contributed by atoms with van der Waals surface area (Å²) in [6.45, 7) is 3.32. The van der Waals surface area contributed by atoms with Crippen LogP contribution in [-0.4, -0.2) is 31.3 Å². The van der Waals surface area contributed by atoms with Crippen molar-refractivity contribution in [2.75, 3.05) is 17.2 Å². The number of rotatable bonds is 5. The SMILES string of the molecule is CCNc1nc(NCc2ncn(C)n2)c2ccccc2n1. The van der Waals surface area contributed by atoms with Gasteiger partial charge in [-0.05, 0) is 19.1 Å². The van der Waals surface area contributed by atoms with Crippen LogP contribution >= 0.6 is 0 Å². The van der Waals surface area contributed by atoms with Gasteiger partial charge < -0.3 is 10.6 Å². The van der Waals surface area contributed by atoms with Crippen molar-refractivity contribution >= 4 is 22.7 Å². The lowest BCUT2D eigenvalue weighted by Crippen LogP contribution is -2.08. The van der Waals surface area contributed by atoms with E-state index < -0.39 is 0 Å². The number of nitrogens with one attached hydrogen (secondary N) is 2. The average Bonchev–Trinajstić information content (AvgIpc) is 2.91. The highest BCUT2D eigenvalue weighted by Crippen LogP contribution is 2.21. The maximum absolute atomic E-state index is 4.52. The molecule has 0 saturated heterocycles. The number of anilines is 2. The summed E-state index contributed by atoms with van der Waals surface area (Å²) < 4.78 is 1.68. The largest absolute Gasteiger partial charge is 0.362 e. The molecule has 3 rings (SSSR count). The maximum Gasteiger partial charge on any atom is 0.225 e. The molecule has 0 fully saturated rings. The average molecular weight is 283 g/mol. The van der Waals surface area contributed by atoms with Crippen molar-refractivity contribution in [3.8, 4) is 0 Å². The van der Waals surface area contributed by atoms with Crippen LogP contribution in [-0.2, 0) is 13.6 Å². The third-order valence-electron chi connectivity index (χ3n) is 3.00. The van der Waals surface area contributed by atoms with Crippen molar-refractivity contribution in [2.45, 2.75) is 13.5 Å². The van der Waals surface area contributed by atoms with Crippen LogP contribution in [0.2, 0.25) is 0 Å². The number of para-hydroxylation sites is 1. The van der Waals surface area contributed by atoms with Crippen molar-refractivity contribution in [3.63, 3.8) is 0 Å². The Morgan fingerprint density at radius 2 is 2.00 bits per heavy atom. The minimum absolute atomic E-state index is 0.521. The Bertz CT molecular complexity index is 750. The summed E-state index contributed by atoms with van der Waals surface area (Å²) in [5.74, 6) is 2.13. The van der Waals surface area contributed by atoms with E-state index >= 15 is 0 Å². The molecule has 1 aromatic carbocycles. The van der Waals surface area contributed by atoms with E-state index in [9.17, 15) is 0 Å². The normalized spacial score (nSPS) is 10.8. The Morgan fingerprint density at radius 3 is 2.76 bits per heavy atom. The first kappa shape index (κ1) is 13.3. The van der Waals surface area contributed by atoms with Gasteiger partial charge in [0.2, 0.25) is 5.95 Å². The smallest absolute Gasteiger partial charge is 0.225 e. The van der Waals surface area contributed by atoms with Gasteiger partial charge >= 0.3 is 0 Å². The summed E-state index contributed by atoms with van der Waals surface area (Å²) in [6, 6.07) is 7.92. The molecule has 7 nitrogen and oxygen atoms in total. The van der Waals surface area contributed by atoms with E-state index in [1.807, 2.05) is 38.2 Å². The lowest BCUT2D eigenvalue weighted by Gasteiger charge is -2.10. The molecule has 0 spiro atoms. The molecule has 0 bridgehead atoms. The lowest BCUT2D eigenvalue weighted by molar-refractivity contribution is 0.747. The van der Waals surface area contributed by atoms with E-state index in [1.54, 1.807) is 11.0 Å². The highest BCUT2D eigenvalue weighted by molar-refractivity contribution is 5.89.